The third-order valence-electron chi connectivity index (χ3n) is 3.55. The van der Waals surface area contributed by atoms with Crippen molar-refractivity contribution in [2.75, 3.05) is 10.7 Å². The number of nitrogens with one attached hydrogen (secondary N) is 1. The van der Waals surface area contributed by atoms with Gasteiger partial charge in [0, 0.05) is 16.2 Å². The Bertz CT molecular complexity index is 464. The summed E-state index contributed by atoms with van der Waals surface area (Å²) in [6.07, 6.45) is 0.864. The second-order valence-electron chi connectivity index (χ2n) is 4.83. The molecule has 1 heterocycles. The lowest BCUT2D eigenvalue weighted by Crippen LogP contribution is -2.51. The third-order valence-corrected chi connectivity index (χ3v) is 5.70. The van der Waals surface area contributed by atoms with Gasteiger partial charge in [0.25, 0.3) is 5.91 Å². The maximum Gasteiger partial charge on any atom is 0.251 e. The van der Waals surface area contributed by atoms with Crippen LogP contribution in [-0.4, -0.2) is 22.1 Å². The fourth-order valence-corrected chi connectivity index (χ4v) is 4.01. The van der Waals surface area contributed by atoms with E-state index < -0.39 is 0 Å². The molecule has 2 rings (SSSR count). The minimum atomic E-state index is -0.243. The quantitative estimate of drug-likeness (QED) is 0.782. The number of hydrogen-bond donors (Lipinski definition) is 1. The van der Waals surface area contributed by atoms with Crippen molar-refractivity contribution in [3.05, 3.63) is 34.9 Å². The Balaban J connectivity index is 2.16. The highest BCUT2D eigenvalue weighted by molar-refractivity contribution is 9.09. The number of alkyl halides is 2. The zero-order valence-electron chi connectivity index (χ0n) is 10.8. The first-order valence-electron chi connectivity index (χ1n) is 6.28. The number of amides is 1. The molecule has 3 nitrogen and oxygen atoms in total. The summed E-state index contributed by atoms with van der Waals surface area (Å²) in [5, 5.41) is 4.56. The van der Waals surface area contributed by atoms with E-state index in [0.29, 0.717) is 18.8 Å². The lowest BCUT2D eigenvalue weighted by molar-refractivity contribution is 0.0915. The van der Waals surface area contributed by atoms with Crippen LogP contribution >= 0.6 is 31.9 Å². The van der Waals surface area contributed by atoms with Gasteiger partial charge in [-0.1, -0.05) is 44.8 Å². The van der Waals surface area contributed by atoms with Crippen molar-refractivity contribution >= 4 is 37.8 Å². The van der Waals surface area contributed by atoms with Gasteiger partial charge < -0.3 is 10.1 Å². The summed E-state index contributed by atoms with van der Waals surface area (Å²) < 4.78 is 5.37. The number of benzene rings is 1. The maximum atomic E-state index is 12.3. The molecule has 1 aromatic carbocycles. The molecule has 0 radical (unpaired) electrons. The van der Waals surface area contributed by atoms with Crippen molar-refractivity contribution in [3.8, 4) is 0 Å². The van der Waals surface area contributed by atoms with E-state index in [9.17, 15) is 4.79 Å². The van der Waals surface area contributed by atoms with Gasteiger partial charge in [0.1, 0.15) is 0 Å². The van der Waals surface area contributed by atoms with Crippen molar-refractivity contribution in [1.82, 2.24) is 5.32 Å². The van der Waals surface area contributed by atoms with Crippen molar-refractivity contribution < 1.29 is 9.53 Å². The molecule has 1 aliphatic heterocycles. The topological polar surface area (TPSA) is 38.3 Å². The van der Waals surface area contributed by atoms with E-state index in [0.717, 1.165) is 22.6 Å². The molecule has 0 saturated carbocycles. The number of carbonyl (C=O) groups is 1. The minimum Gasteiger partial charge on any atom is -0.372 e. The standard InChI is InChI=1S/C14H17Br2NO2/c1-2-14(8-15,9-16)17-13(18)10-3-4-11-6-19-7-12(11)5-10/h3-5H,2,6-9H2,1H3,(H,17,18). The Labute approximate surface area is 130 Å². The monoisotopic (exact) mass is 389 g/mol. The van der Waals surface area contributed by atoms with E-state index in [-0.39, 0.29) is 11.4 Å². The lowest BCUT2D eigenvalue weighted by Gasteiger charge is -2.30. The first-order valence-corrected chi connectivity index (χ1v) is 8.52. The van der Waals surface area contributed by atoms with Gasteiger partial charge in [0.2, 0.25) is 0 Å². The van der Waals surface area contributed by atoms with Crippen LogP contribution in [0.25, 0.3) is 0 Å². The first kappa shape index (κ1) is 15.0. The number of rotatable bonds is 5. The Kier molecular flexibility index (Phi) is 5.03. The van der Waals surface area contributed by atoms with Crippen LogP contribution in [0.2, 0.25) is 0 Å². The van der Waals surface area contributed by atoms with E-state index in [1.165, 1.54) is 5.56 Å². The molecule has 5 heteroatoms. The smallest absolute Gasteiger partial charge is 0.251 e. The highest BCUT2D eigenvalue weighted by Gasteiger charge is 2.28. The largest absolute Gasteiger partial charge is 0.372 e. The molecule has 0 fully saturated rings. The van der Waals surface area contributed by atoms with Crippen LogP contribution < -0.4 is 5.32 Å². The minimum absolute atomic E-state index is 0.0320. The average Bonchev–Trinajstić information content (AvgIpc) is 2.92. The van der Waals surface area contributed by atoms with Crippen LogP contribution in [0.15, 0.2) is 18.2 Å². The van der Waals surface area contributed by atoms with Crippen LogP contribution in [0.4, 0.5) is 0 Å². The molecule has 1 amide bonds. The zero-order chi connectivity index (χ0) is 13.9. The Hall–Kier alpha value is -0.390. The molecule has 0 aliphatic carbocycles. The van der Waals surface area contributed by atoms with Gasteiger partial charge in [-0.2, -0.15) is 0 Å². The predicted octanol–water partition coefficient (Wildman–Crippen LogP) is 3.39. The molecule has 1 N–H and O–H groups in total. The fourth-order valence-electron chi connectivity index (χ4n) is 2.01. The Morgan fingerprint density at radius 3 is 2.63 bits per heavy atom. The first-order chi connectivity index (χ1) is 9.14. The van der Waals surface area contributed by atoms with E-state index in [4.69, 9.17) is 4.74 Å². The summed E-state index contributed by atoms with van der Waals surface area (Å²) in [7, 11) is 0. The number of hydrogen-bond acceptors (Lipinski definition) is 2. The second-order valence-corrected chi connectivity index (χ2v) is 5.95. The van der Waals surface area contributed by atoms with E-state index in [1.807, 2.05) is 18.2 Å². The van der Waals surface area contributed by atoms with Gasteiger partial charge in [-0.05, 0) is 29.7 Å². The molecular weight excluding hydrogens is 374 g/mol. The maximum absolute atomic E-state index is 12.3. The molecule has 1 aromatic rings. The molecule has 19 heavy (non-hydrogen) atoms. The van der Waals surface area contributed by atoms with Crippen LogP contribution in [0, 0.1) is 0 Å². The Morgan fingerprint density at radius 1 is 1.32 bits per heavy atom. The van der Waals surface area contributed by atoms with Crippen LogP contribution in [0.1, 0.15) is 34.8 Å². The second kappa shape index (κ2) is 6.37. The molecule has 0 bridgehead atoms. The SMILES string of the molecule is CCC(CBr)(CBr)NC(=O)c1ccc2c(c1)COC2. The van der Waals surface area contributed by atoms with E-state index in [1.54, 1.807) is 0 Å². The summed E-state index contributed by atoms with van der Waals surface area (Å²) in [4.78, 5) is 12.3. The van der Waals surface area contributed by atoms with E-state index in [2.05, 4.69) is 44.1 Å². The fraction of sp³-hybridized carbons (Fsp3) is 0.500. The van der Waals surface area contributed by atoms with Crippen molar-refractivity contribution in [1.29, 1.82) is 0 Å². The normalized spacial score (nSPS) is 14.3. The van der Waals surface area contributed by atoms with Crippen LogP contribution in [0.5, 0.6) is 0 Å². The van der Waals surface area contributed by atoms with Crippen LogP contribution in [-0.2, 0) is 18.0 Å². The zero-order valence-corrected chi connectivity index (χ0v) is 14.0. The Morgan fingerprint density at radius 2 is 2.00 bits per heavy atom. The number of carbonyl (C=O) groups excluding carboxylic acids is 1. The van der Waals surface area contributed by atoms with Gasteiger partial charge >= 0.3 is 0 Å². The van der Waals surface area contributed by atoms with Gasteiger partial charge in [0.15, 0.2) is 0 Å². The molecule has 104 valence electrons. The van der Waals surface area contributed by atoms with Gasteiger partial charge in [-0.3, -0.25) is 4.79 Å². The van der Waals surface area contributed by atoms with Crippen LogP contribution in [0.3, 0.4) is 0 Å². The molecule has 1 aliphatic rings. The van der Waals surface area contributed by atoms with Gasteiger partial charge in [0.05, 0.1) is 18.8 Å². The third kappa shape index (κ3) is 3.20. The highest BCUT2D eigenvalue weighted by atomic mass is 79.9. The summed E-state index contributed by atoms with van der Waals surface area (Å²) in [5.74, 6) is -0.0320. The lowest BCUT2D eigenvalue weighted by atomic mass is 10.00. The van der Waals surface area contributed by atoms with E-state index >= 15 is 0 Å². The molecule has 0 aromatic heterocycles. The molecule has 0 unspecified atom stereocenters. The molecule has 0 saturated heterocycles. The van der Waals surface area contributed by atoms with Gasteiger partial charge in [-0.15, -0.1) is 0 Å². The number of fused-ring (bicyclic) bond motifs is 1. The highest BCUT2D eigenvalue weighted by Crippen LogP contribution is 2.22. The molecular formula is C14H17Br2NO2. The number of halogens is 2. The number of ether oxygens (including phenoxy) is 1. The van der Waals surface area contributed by atoms with Crippen molar-refractivity contribution in [2.45, 2.75) is 32.1 Å². The summed E-state index contributed by atoms with van der Waals surface area (Å²) >= 11 is 6.96. The van der Waals surface area contributed by atoms with Gasteiger partial charge in [-0.25, -0.2) is 0 Å². The summed E-state index contributed by atoms with van der Waals surface area (Å²) in [6, 6.07) is 5.78. The summed E-state index contributed by atoms with van der Waals surface area (Å²) in [6.45, 7) is 3.32. The molecule has 0 spiro atoms. The summed E-state index contributed by atoms with van der Waals surface area (Å²) in [5.41, 5.74) is 2.75. The van der Waals surface area contributed by atoms with Crippen molar-refractivity contribution in [3.63, 3.8) is 0 Å². The average molecular weight is 391 g/mol. The predicted molar refractivity (Wildman–Crippen MR) is 83.0 cm³/mol. The molecule has 0 atom stereocenters. The van der Waals surface area contributed by atoms with Crippen molar-refractivity contribution in [2.24, 2.45) is 0 Å².